The second-order valence-electron chi connectivity index (χ2n) is 4.63. The summed E-state index contributed by atoms with van der Waals surface area (Å²) in [4.78, 5) is 11.9. The zero-order valence-electron chi connectivity index (χ0n) is 12.2. The number of carbonyl (C=O) groups is 1. The zero-order valence-corrected chi connectivity index (χ0v) is 13.8. The molecule has 0 bridgehead atoms. The molecular weight excluding hydrogens is 338 g/mol. The molecule has 21 heavy (non-hydrogen) atoms. The highest BCUT2D eigenvalue weighted by Crippen LogP contribution is 2.28. The van der Waals surface area contributed by atoms with E-state index in [1.54, 1.807) is 18.7 Å². The lowest BCUT2D eigenvalue weighted by Gasteiger charge is -2.13. The number of fused-ring (bicyclic) bond motifs is 1. The van der Waals surface area contributed by atoms with Crippen LogP contribution in [0.1, 0.15) is 6.92 Å². The molecule has 0 spiro atoms. The number of benzene rings is 1. The highest BCUT2D eigenvalue weighted by atomic mass is 79.9. The number of ether oxygens (including phenoxy) is 2. The molecule has 1 aromatic carbocycles. The third-order valence-corrected chi connectivity index (χ3v) is 3.53. The van der Waals surface area contributed by atoms with Crippen molar-refractivity contribution >= 4 is 32.7 Å². The minimum absolute atomic E-state index is 0.194. The Balaban J connectivity index is 2.12. The van der Waals surface area contributed by atoms with Gasteiger partial charge in [0, 0.05) is 25.2 Å². The highest BCUT2D eigenvalue weighted by Gasteiger charge is 2.18. The van der Waals surface area contributed by atoms with E-state index in [0.717, 1.165) is 15.4 Å². The van der Waals surface area contributed by atoms with Gasteiger partial charge in [0.15, 0.2) is 6.10 Å². The highest BCUT2D eigenvalue weighted by molar-refractivity contribution is 9.10. The number of carbonyl (C=O) groups excluding carboxylic acids is 1. The molecule has 1 atom stereocenters. The van der Waals surface area contributed by atoms with E-state index in [1.807, 2.05) is 25.2 Å². The van der Waals surface area contributed by atoms with E-state index in [-0.39, 0.29) is 5.91 Å². The van der Waals surface area contributed by atoms with Crippen LogP contribution >= 0.6 is 15.9 Å². The van der Waals surface area contributed by atoms with E-state index in [0.29, 0.717) is 19.0 Å². The number of halogens is 1. The Morgan fingerprint density at radius 1 is 1.52 bits per heavy atom. The van der Waals surface area contributed by atoms with Crippen LogP contribution in [0.4, 0.5) is 0 Å². The van der Waals surface area contributed by atoms with Gasteiger partial charge in [0.05, 0.1) is 17.5 Å². The number of hydrogen-bond acceptors (Lipinski definition) is 4. The molecule has 1 N–H and O–H groups in total. The Kier molecular flexibility index (Phi) is 5.19. The molecule has 0 saturated heterocycles. The second-order valence-corrected chi connectivity index (χ2v) is 5.55. The van der Waals surface area contributed by atoms with Crippen LogP contribution in [0.25, 0.3) is 10.9 Å². The van der Waals surface area contributed by atoms with Gasteiger partial charge in [-0.1, -0.05) is 15.9 Å². The van der Waals surface area contributed by atoms with Crippen LogP contribution < -0.4 is 10.1 Å². The van der Waals surface area contributed by atoms with Crippen molar-refractivity contribution in [3.63, 3.8) is 0 Å². The molecule has 1 aromatic heterocycles. The van der Waals surface area contributed by atoms with Crippen molar-refractivity contribution in [2.24, 2.45) is 7.05 Å². The van der Waals surface area contributed by atoms with Crippen molar-refractivity contribution in [1.82, 2.24) is 15.1 Å². The van der Waals surface area contributed by atoms with E-state index in [1.165, 1.54) is 0 Å². The van der Waals surface area contributed by atoms with Gasteiger partial charge in [-0.25, -0.2) is 0 Å². The van der Waals surface area contributed by atoms with Crippen molar-refractivity contribution in [1.29, 1.82) is 0 Å². The standard InChI is InChI=1S/C14H18BrN3O3/c1-9(13(19)16-6-7-20-3)21-14-11-8-10(15)4-5-12(11)18(2)17-14/h4-5,8-9H,6-7H2,1-3H3,(H,16,19). The van der Waals surface area contributed by atoms with Crippen LogP contribution in [0.15, 0.2) is 22.7 Å². The molecule has 114 valence electrons. The Labute approximate surface area is 131 Å². The molecule has 0 aliphatic carbocycles. The monoisotopic (exact) mass is 355 g/mol. The summed E-state index contributed by atoms with van der Waals surface area (Å²) in [5.74, 6) is 0.254. The first kappa shape index (κ1) is 15.8. The maximum atomic E-state index is 11.9. The number of aromatic nitrogens is 2. The largest absolute Gasteiger partial charge is 0.463 e. The third-order valence-electron chi connectivity index (χ3n) is 3.04. The summed E-state index contributed by atoms with van der Waals surface area (Å²) in [6.07, 6.45) is -0.626. The molecular formula is C14H18BrN3O3. The summed E-state index contributed by atoms with van der Waals surface area (Å²) in [5, 5.41) is 7.92. The second kappa shape index (κ2) is 6.91. The maximum absolute atomic E-state index is 11.9. The molecule has 0 saturated carbocycles. The number of methoxy groups -OCH3 is 1. The van der Waals surface area contributed by atoms with E-state index in [4.69, 9.17) is 9.47 Å². The molecule has 0 radical (unpaired) electrons. The van der Waals surface area contributed by atoms with Crippen molar-refractivity contribution < 1.29 is 14.3 Å². The Hall–Kier alpha value is -1.60. The summed E-state index contributed by atoms with van der Waals surface area (Å²) >= 11 is 3.43. The minimum atomic E-state index is -0.626. The summed E-state index contributed by atoms with van der Waals surface area (Å²) in [5.41, 5.74) is 0.945. The molecule has 0 fully saturated rings. The number of hydrogen-bond donors (Lipinski definition) is 1. The third kappa shape index (κ3) is 3.74. The molecule has 1 heterocycles. The molecule has 0 aliphatic rings. The number of nitrogens with zero attached hydrogens (tertiary/aromatic N) is 2. The SMILES string of the molecule is COCCNC(=O)C(C)Oc1nn(C)c2ccc(Br)cc12. The normalized spacial score (nSPS) is 12.4. The Bertz CT molecular complexity index is 642. The van der Waals surface area contributed by atoms with Gasteiger partial charge in [-0.15, -0.1) is 5.10 Å². The zero-order chi connectivity index (χ0) is 15.4. The smallest absolute Gasteiger partial charge is 0.260 e. The summed E-state index contributed by atoms with van der Waals surface area (Å²) in [7, 11) is 3.43. The van der Waals surface area contributed by atoms with Gasteiger partial charge in [0.1, 0.15) is 0 Å². The van der Waals surface area contributed by atoms with Gasteiger partial charge in [-0.2, -0.15) is 0 Å². The van der Waals surface area contributed by atoms with Crippen LogP contribution in [-0.4, -0.2) is 42.1 Å². The quantitative estimate of drug-likeness (QED) is 0.803. The average molecular weight is 356 g/mol. The van der Waals surface area contributed by atoms with Crippen molar-refractivity contribution in [3.8, 4) is 5.88 Å². The fourth-order valence-corrected chi connectivity index (χ4v) is 2.29. The molecule has 0 aliphatic heterocycles. The molecule has 7 heteroatoms. The first-order chi connectivity index (χ1) is 10.0. The van der Waals surface area contributed by atoms with Gasteiger partial charge >= 0.3 is 0 Å². The maximum Gasteiger partial charge on any atom is 0.260 e. The number of amides is 1. The lowest BCUT2D eigenvalue weighted by molar-refractivity contribution is -0.127. The fourth-order valence-electron chi connectivity index (χ4n) is 1.93. The van der Waals surface area contributed by atoms with Gasteiger partial charge in [-0.05, 0) is 25.1 Å². The molecule has 1 unspecified atom stereocenters. The van der Waals surface area contributed by atoms with Gasteiger partial charge in [0.2, 0.25) is 5.88 Å². The average Bonchev–Trinajstić information content (AvgIpc) is 2.75. The van der Waals surface area contributed by atoms with Crippen LogP contribution in [0.2, 0.25) is 0 Å². The van der Waals surface area contributed by atoms with Crippen molar-refractivity contribution in [2.45, 2.75) is 13.0 Å². The molecule has 1 amide bonds. The Morgan fingerprint density at radius 2 is 2.29 bits per heavy atom. The predicted octanol–water partition coefficient (Wildman–Crippen LogP) is 1.87. The van der Waals surface area contributed by atoms with Crippen molar-refractivity contribution in [3.05, 3.63) is 22.7 Å². The topological polar surface area (TPSA) is 65.4 Å². The number of rotatable bonds is 6. The van der Waals surface area contributed by atoms with Gasteiger partial charge in [-0.3, -0.25) is 9.48 Å². The van der Waals surface area contributed by atoms with Crippen LogP contribution in [-0.2, 0) is 16.6 Å². The summed E-state index contributed by atoms with van der Waals surface area (Å²) in [6, 6.07) is 5.81. The minimum Gasteiger partial charge on any atom is -0.463 e. The Morgan fingerprint density at radius 3 is 3.00 bits per heavy atom. The van der Waals surface area contributed by atoms with E-state index >= 15 is 0 Å². The first-order valence-corrected chi connectivity index (χ1v) is 7.37. The number of nitrogens with one attached hydrogen (secondary N) is 1. The van der Waals surface area contributed by atoms with Gasteiger partial charge in [0.25, 0.3) is 5.91 Å². The van der Waals surface area contributed by atoms with Gasteiger partial charge < -0.3 is 14.8 Å². The molecule has 6 nitrogen and oxygen atoms in total. The lowest BCUT2D eigenvalue weighted by atomic mass is 10.2. The number of aryl methyl sites for hydroxylation is 1. The summed E-state index contributed by atoms with van der Waals surface area (Å²) in [6.45, 7) is 2.62. The van der Waals surface area contributed by atoms with Crippen LogP contribution in [0.5, 0.6) is 5.88 Å². The lowest BCUT2D eigenvalue weighted by Crippen LogP contribution is -2.38. The van der Waals surface area contributed by atoms with Crippen LogP contribution in [0.3, 0.4) is 0 Å². The molecule has 2 aromatic rings. The van der Waals surface area contributed by atoms with E-state index in [2.05, 4.69) is 26.3 Å². The predicted molar refractivity (Wildman–Crippen MR) is 83.4 cm³/mol. The van der Waals surface area contributed by atoms with E-state index < -0.39 is 6.10 Å². The summed E-state index contributed by atoms with van der Waals surface area (Å²) < 4.78 is 13.2. The van der Waals surface area contributed by atoms with Crippen molar-refractivity contribution in [2.75, 3.05) is 20.3 Å². The molecule has 2 rings (SSSR count). The fraction of sp³-hybridized carbons (Fsp3) is 0.429. The van der Waals surface area contributed by atoms with Crippen LogP contribution in [0, 0.1) is 0 Å². The first-order valence-electron chi connectivity index (χ1n) is 6.58. The van der Waals surface area contributed by atoms with E-state index in [9.17, 15) is 4.79 Å².